The van der Waals surface area contributed by atoms with E-state index in [0.29, 0.717) is 45.9 Å². The fraction of sp³-hybridized carbons (Fsp3) is 0.882. The summed E-state index contributed by atoms with van der Waals surface area (Å²) in [7, 11) is 0. The summed E-state index contributed by atoms with van der Waals surface area (Å²) in [4.78, 5) is 26.7. The van der Waals surface area contributed by atoms with Crippen LogP contribution < -0.4 is 0 Å². The Balaban J connectivity index is 1.71. The molecule has 2 heterocycles. The van der Waals surface area contributed by atoms with Crippen molar-refractivity contribution in [3.05, 3.63) is 0 Å². The Kier molecular flexibility index (Phi) is 4.65. The number of nitrogens with zero attached hydrogens (tertiary/aromatic N) is 1. The molecule has 6 heteroatoms. The minimum atomic E-state index is -0.807. The molecule has 0 aromatic rings. The van der Waals surface area contributed by atoms with Crippen LogP contribution >= 0.6 is 0 Å². The molecule has 3 rings (SSSR count). The minimum Gasteiger partial charge on any atom is -0.481 e. The van der Waals surface area contributed by atoms with E-state index < -0.39 is 11.4 Å². The molecule has 1 saturated carbocycles. The van der Waals surface area contributed by atoms with Gasteiger partial charge in [0.15, 0.2) is 0 Å². The second-order valence-electron chi connectivity index (χ2n) is 7.25. The number of fused-ring (bicyclic) bond motifs is 1. The second-order valence-corrected chi connectivity index (χ2v) is 7.25. The van der Waals surface area contributed by atoms with Gasteiger partial charge in [-0.3, -0.25) is 9.59 Å². The number of likely N-dealkylation sites (tertiary alicyclic amines) is 1. The molecule has 2 aliphatic heterocycles. The van der Waals surface area contributed by atoms with Crippen LogP contribution in [0.5, 0.6) is 0 Å². The number of ether oxygens (including phenoxy) is 2. The van der Waals surface area contributed by atoms with Gasteiger partial charge in [0, 0.05) is 38.8 Å². The molecule has 6 nitrogen and oxygen atoms in total. The lowest BCUT2D eigenvalue weighted by Crippen LogP contribution is -2.49. The van der Waals surface area contributed by atoms with Crippen molar-refractivity contribution in [1.82, 2.24) is 4.90 Å². The van der Waals surface area contributed by atoms with Gasteiger partial charge in [0.2, 0.25) is 5.91 Å². The van der Waals surface area contributed by atoms with Crippen LogP contribution in [0.4, 0.5) is 0 Å². The molecule has 0 unspecified atom stereocenters. The van der Waals surface area contributed by atoms with Gasteiger partial charge in [-0.1, -0.05) is 6.42 Å². The molecule has 1 N–H and O–H groups in total. The van der Waals surface area contributed by atoms with Crippen LogP contribution in [0.2, 0.25) is 0 Å². The molecule has 1 amide bonds. The highest BCUT2D eigenvalue weighted by Gasteiger charge is 2.57. The van der Waals surface area contributed by atoms with Crippen LogP contribution in [-0.4, -0.2) is 61.4 Å². The standard InChI is InChI=1S/C17H27NO5/c1-2-22-8-6-16(4-3-5-16)14(19)18-10-13-11-23-9-7-17(13,12-18)15(20)21/h13H,2-12H2,1H3,(H,20,21)/t13-,17+/m0/s1. The van der Waals surface area contributed by atoms with E-state index in [4.69, 9.17) is 9.47 Å². The molecule has 3 fully saturated rings. The molecule has 2 atom stereocenters. The van der Waals surface area contributed by atoms with Gasteiger partial charge < -0.3 is 19.5 Å². The van der Waals surface area contributed by atoms with Crippen molar-refractivity contribution >= 4 is 11.9 Å². The van der Waals surface area contributed by atoms with E-state index in [0.717, 1.165) is 25.7 Å². The van der Waals surface area contributed by atoms with Gasteiger partial charge in [-0.05, 0) is 32.6 Å². The predicted molar refractivity (Wildman–Crippen MR) is 83.0 cm³/mol. The summed E-state index contributed by atoms with van der Waals surface area (Å²) in [6.07, 6.45) is 4.12. The quantitative estimate of drug-likeness (QED) is 0.750. The number of hydrogen-bond donors (Lipinski definition) is 1. The monoisotopic (exact) mass is 325 g/mol. The van der Waals surface area contributed by atoms with Crippen LogP contribution in [0.25, 0.3) is 0 Å². The molecular weight excluding hydrogens is 298 g/mol. The fourth-order valence-corrected chi connectivity index (χ4v) is 4.38. The first-order chi connectivity index (χ1) is 11.0. The maximum atomic E-state index is 13.1. The Labute approximate surface area is 137 Å². The number of aliphatic carboxylic acids is 1. The highest BCUT2D eigenvalue weighted by Crippen LogP contribution is 2.49. The Bertz CT molecular complexity index is 476. The van der Waals surface area contributed by atoms with Crippen molar-refractivity contribution < 1.29 is 24.2 Å². The molecular formula is C17H27NO5. The first-order valence-electron chi connectivity index (χ1n) is 8.72. The summed E-state index contributed by atoms with van der Waals surface area (Å²) in [6, 6.07) is 0. The van der Waals surface area contributed by atoms with Crippen molar-refractivity contribution in [1.29, 1.82) is 0 Å². The number of carbonyl (C=O) groups is 2. The third-order valence-electron chi connectivity index (χ3n) is 6.11. The molecule has 1 aliphatic carbocycles. The van der Waals surface area contributed by atoms with Gasteiger partial charge in [0.25, 0.3) is 0 Å². The van der Waals surface area contributed by atoms with E-state index in [2.05, 4.69) is 0 Å². The van der Waals surface area contributed by atoms with Crippen molar-refractivity contribution in [3.8, 4) is 0 Å². The number of carboxylic acid groups (broad SMARTS) is 1. The van der Waals surface area contributed by atoms with Crippen LogP contribution in [0, 0.1) is 16.7 Å². The molecule has 23 heavy (non-hydrogen) atoms. The van der Waals surface area contributed by atoms with Crippen molar-refractivity contribution in [2.45, 2.75) is 39.0 Å². The van der Waals surface area contributed by atoms with Crippen molar-refractivity contribution in [2.24, 2.45) is 16.7 Å². The van der Waals surface area contributed by atoms with E-state index in [1.54, 1.807) is 4.90 Å². The van der Waals surface area contributed by atoms with Crippen molar-refractivity contribution in [2.75, 3.05) is 39.5 Å². The molecule has 130 valence electrons. The van der Waals surface area contributed by atoms with E-state index in [1.165, 1.54) is 0 Å². The minimum absolute atomic E-state index is 0.0817. The van der Waals surface area contributed by atoms with Crippen molar-refractivity contribution in [3.63, 3.8) is 0 Å². The van der Waals surface area contributed by atoms with E-state index in [9.17, 15) is 14.7 Å². The number of carboxylic acids is 1. The van der Waals surface area contributed by atoms with E-state index in [1.807, 2.05) is 6.92 Å². The van der Waals surface area contributed by atoms with Gasteiger partial charge in [0.05, 0.1) is 17.4 Å². The zero-order valence-corrected chi connectivity index (χ0v) is 13.9. The second kappa shape index (κ2) is 6.40. The van der Waals surface area contributed by atoms with Crippen LogP contribution in [-0.2, 0) is 19.1 Å². The lowest BCUT2D eigenvalue weighted by molar-refractivity contribution is -0.158. The third kappa shape index (κ3) is 2.76. The molecule has 0 aromatic heterocycles. The van der Waals surface area contributed by atoms with Gasteiger partial charge in [-0.2, -0.15) is 0 Å². The number of carbonyl (C=O) groups excluding carboxylic acids is 1. The topological polar surface area (TPSA) is 76.1 Å². The lowest BCUT2D eigenvalue weighted by Gasteiger charge is -2.43. The molecule has 0 radical (unpaired) electrons. The van der Waals surface area contributed by atoms with E-state index in [-0.39, 0.29) is 17.2 Å². The largest absolute Gasteiger partial charge is 0.481 e. The third-order valence-corrected chi connectivity index (χ3v) is 6.11. The summed E-state index contributed by atoms with van der Waals surface area (Å²) < 4.78 is 10.9. The maximum absolute atomic E-state index is 13.1. The maximum Gasteiger partial charge on any atom is 0.311 e. The molecule has 0 spiro atoms. The van der Waals surface area contributed by atoms with Crippen LogP contribution in [0.3, 0.4) is 0 Å². The van der Waals surface area contributed by atoms with Crippen LogP contribution in [0.1, 0.15) is 39.0 Å². The highest BCUT2D eigenvalue weighted by atomic mass is 16.5. The molecule has 0 aromatic carbocycles. The Morgan fingerprint density at radius 2 is 2.13 bits per heavy atom. The Morgan fingerprint density at radius 3 is 2.70 bits per heavy atom. The normalized spacial score (nSPS) is 32.2. The van der Waals surface area contributed by atoms with Gasteiger partial charge >= 0.3 is 5.97 Å². The molecule has 2 saturated heterocycles. The summed E-state index contributed by atoms with van der Waals surface area (Å²) in [6.45, 7) is 4.99. The zero-order valence-electron chi connectivity index (χ0n) is 13.9. The molecule has 0 bridgehead atoms. The zero-order chi connectivity index (χ0) is 16.5. The highest BCUT2D eigenvalue weighted by molar-refractivity contribution is 5.86. The smallest absolute Gasteiger partial charge is 0.311 e. The number of hydrogen-bond acceptors (Lipinski definition) is 4. The Morgan fingerprint density at radius 1 is 1.35 bits per heavy atom. The van der Waals surface area contributed by atoms with Gasteiger partial charge in [-0.15, -0.1) is 0 Å². The van der Waals surface area contributed by atoms with Gasteiger partial charge in [0.1, 0.15) is 0 Å². The van der Waals surface area contributed by atoms with E-state index >= 15 is 0 Å². The average molecular weight is 325 g/mol. The average Bonchev–Trinajstić information content (AvgIpc) is 2.90. The summed E-state index contributed by atoms with van der Waals surface area (Å²) >= 11 is 0. The summed E-state index contributed by atoms with van der Waals surface area (Å²) in [5.41, 5.74) is -1.12. The lowest BCUT2D eigenvalue weighted by atomic mass is 9.65. The first-order valence-corrected chi connectivity index (χ1v) is 8.72. The van der Waals surface area contributed by atoms with Gasteiger partial charge in [-0.25, -0.2) is 0 Å². The number of amides is 1. The first kappa shape index (κ1) is 16.7. The van der Waals surface area contributed by atoms with Crippen LogP contribution in [0.15, 0.2) is 0 Å². The Hall–Kier alpha value is -1.14. The summed E-state index contributed by atoms with van der Waals surface area (Å²) in [5, 5.41) is 9.73. The SMILES string of the molecule is CCOCCC1(C(=O)N2C[C@H]3COCC[C@@]3(C(=O)O)C2)CCC1. The molecule has 3 aliphatic rings. The predicted octanol–water partition coefficient (Wildman–Crippen LogP) is 1.53. The number of rotatable bonds is 6. The fourth-order valence-electron chi connectivity index (χ4n) is 4.38. The summed E-state index contributed by atoms with van der Waals surface area (Å²) in [5.74, 6) is -0.724.